The molecular formula is C17H26N2O4. The molecule has 2 aliphatic rings. The van der Waals surface area contributed by atoms with Crippen molar-refractivity contribution in [3.63, 3.8) is 0 Å². The van der Waals surface area contributed by atoms with Crippen LogP contribution in [0.5, 0.6) is 0 Å². The summed E-state index contributed by atoms with van der Waals surface area (Å²) in [4.78, 5) is 16.9. The Balaban J connectivity index is 1.46. The monoisotopic (exact) mass is 322 g/mol. The number of hydrogen-bond acceptors (Lipinski definition) is 5. The summed E-state index contributed by atoms with van der Waals surface area (Å²) in [6, 6.07) is 3.55. The number of amides is 1. The largest absolute Gasteiger partial charge is 0.453 e. The Bertz CT molecular complexity index is 502. The number of piperidine rings is 1. The molecule has 0 radical (unpaired) electrons. The standard InChI is InChI=1S/C17H26N2O4/c1-21-13-15-2-3-16(23-15)17(20)19-6-4-14(5-7-19)12-18-8-10-22-11-9-18/h2-3,14H,4-13H2,1H3. The molecule has 0 saturated carbocycles. The van der Waals surface area contributed by atoms with E-state index in [1.165, 1.54) is 0 Å². The molecule has 3 heterocycles. The topological polar surface area (TPSA) is 55.2 Å². The Morgan fingerprint density at radius 2 is 1.96 bits per heavy atom. The van der Waals surface area contributed by atoms with E-state index >= 15 is 0 Å². The second-order valence-electron chi connectivity index (χ2n) is 6.35. The minimum Gasteiger partial charge on any atom is -0.453 e. The van der Waals surface area contributed by atoms with Gasteiger partial charge in [0.2, 0.25) is 0 Å². The molecule has 6 heteroatoms. The molecule has 0 aromatic carbocycles. The Labute approximate surface area is 137 Å². The van der Waals surface area contributed by atoms with E-state index in [2.05, 4.69) is 4.90 Å². The number of nitrogens with zero attached hydrogens (tertiary/aromatic N) is 2. The number of likely N-dealkylation sites (tertiary alicyclic amines) is 1. The fraction of sp³-hybridized carbons (Fsp3) is 0.706. The highest BCUT2D eigenvalue weighted by Gasteiger charge is 2.26. The summed E-state index contributed by atoms with van der Waals surface area (Å²) >= 11 is 0. The minimum atomic E-state index is -0.00262. The summed E-state index contributed by atoms with van der Waals surface area (Å²) in [5, 5.41) is 0. The molecular weight excluding hydrogens is 296 g/mol. The molecule has 1 aromatic rings. The van der Waals surface area contributed by atoms with Crippen molar-refractivity contribution < 1.29 is 18.7 Å². The molecule has 0 atom stereocenters. The number of ether oxygens (including phenoxy) is 2. The van der Waals surface area contributed by atoms with Crippen LogP contribution in [0, 0.1) is 5.92 Å². The molecule has 6 nitrogen and oxygen atoms in total. The lowest BCUT2D eigenvalue weighted by Gasteiger charge is -2.35. The van der Waals surface area contributed by atoms with Crippen LogP contribution in [-0.2, 0) is 16.1 Å². The van der Waals surface area contributed by atoms with E-state index in [9.17, 15) is 4.79 Å². The molecule has 1 aromatic heterocycles. The zero-order valence-electron chi connectivity index (χ0n) is 13.8. The normalized spacial score (nSPS) is 20.8. The number of hydrogen-bond donors (Lipinski definition) is 0. The number of rotatable bonds is 5. The number of carbonyl (C=O) groups excluding carboxylic acids is 1. The van der Waals surface area contributed by atoms with Gasteiger partial charge in [0.1, 0.15) is 12.4 Å². The summed E-state index contributed by atoms with van der Waals surface area (Å²) < 4.78 is 16.0. The molecule has 3 rings (SSSR count). The maximum Gasteiger partial charge on any atom is 0.289 e. The molecule has 1 amide bonds. The summed E-state index contributed by atoms with van der Waals surface area (Å²) in [5.41, 5.74) is 0. The van der Waals surface area contributed by atoms with Gasteiger partial charge in [0.25, 0.3) is 5.91 Å². The molecule has 0 bridgehead atoms. The maximum absolute atomic E-state index is 12.5. The SMILES string of the molecule is COCc1ccc(C(=O)N2CCC(CN3CCOCC3)CC2)o1. The van der Waals surface area contributed by atoms with Gasteiger partial charge in [-0.25, -0.2) is 0 Å². The van der Waals surface area contributed by atoms with Crippen LogP contribution < -0.4 is 0 Å². The molecule has 2 aliphatic heterocycles. The highest BCUT2D eigenvalue weighted by atomic mass is 16.5. The number of methoxy groups -OCH3 is 1. The third-order valence-corrected chi connectivity index (χ3v) is 4.68. The van der Waals surface area contributed by atoms with E-state index in [1.54, 1.807) is 13.2 Å². The lowest BCUT2D eigenvalue weighted by atomic mass is 9.96. The van der Waals surface area contributed by atoms with Crippen molar-refractivity contribution >= 4 is 5.91 Å². The van der Waals surface area contributed by atoms with Gasteiger partial charge in [0, 0.05) is 39.8 Å². The first-order chi connectivity index (χ1) is 11.3. The van der Waals surface area contributed by atoms with Crippen LogP contribution in [0.1, 0.15) is 29.2 Å². The van der Waals surface area contributed by atoms with Crippen molar-refractivity contribution in [1.29, 1.82) is 0 Å². The summed E-state index contributed by atoms with van der Waals surface area (Å²) in [7, 11) is 1.61. The quantitative estimate of drug-likeness (QED) is 0.824. The lowest BCUT2D eigenvalue weighted by molar-refractivity contribution is 0.0240. The Hall–Kier alpha value is -1.37. The van der Waals surface area contributed by atoms with Crippen LogP contribution in [-0.4, -0.2) is 68.8 Å². The molecule has 0 spiro atoms. The third kappa shape index (κ3) is 4.34. The summed E-state index contributed by atoms with van der Waals surface area (Å²) in [6.45, 7) is 6.92. The van der Waals surface area contributed by atoms with Gasteiger partial charge in [0.15, 0.2) is 5.76 Å². The van der Waals surface area contributed by atoms with Gasteiger partial charge in [0.05, 0.1) is 13.2 Å². The van der Waals surface area contributed by atoms with Crippen molar-refractivity contribution in [2.75, 3.05) is 53.0 Å². The Morgan fingerprint density at radius 3 is 2.65 bits per heavy atom. The van der Waals surface area contributed by atoms with Crippen LogP contribution in [0.3, 0.4) is 0 Å². The summed E-state index contributed by atoms with van der Waals surface area (Å²) in [5.74, 6) is 1.79. The predicted octanol–water partition coefficient (Wildman–Crippen LogP) is 1.61. The van der Waals surface area contributed by atoms with Crippen molar-refractivity contribution in [3.8, 4) is 0 Å². The zero-order valence-corrected chi connectivity index (χ0v) is 13.8. The van der Waals surface area contributed by atoms with Crippen LogP contribution in [0.15, 0.2) is 16.5 Å². The smallest absolute Gasteiger partial charge is 0.289 e. The third-order valence-electron chi connectivity index (χ3n) is 4.68. The van der Waals surface area contributed by atoms with E-state index in [0.29, 0.717) is 24.0 Å². The van der Waals surface area contributed by atoms with Crippen molar-refractivity contribution in [2.45, 2.75) is 19.4 Å². The van der Waals surface area contributed by atoms with E-state index in [0.717, 1.165) is 58.8 Å². The van der Waals surface area contributed by atoms with Crippen LogP contribution >= 0.6 is 0 Å². The van der Waals surface area contributed by atoms with Gasteiger partial charge in [-0.15, -0.1) is 0 Å². The molecule has 128 valence electrons. The second kappa shape index (κ2) is 7.95. The van der Waals surface area contributed by atoms with Crippen LogP contribution in [0.4, 0.5) is 0 Å². The second-order valence-corrected chi connectivity index (χ2v) is 6.35. The van der Waals surface area contributed by atoms with Crippen LogP contribution in [0.25, 0.3) is 0 Å². The van der Waals surface area contributed by atoms with Crippen molar-refractivity contribution in [2.24, 2.45) is 5.92 Å². The first-order valence-corrected chi connectivity index (χ1v) is 8.43. The average molecular weight is 322 g/mol. The van der Waals surface area contributed by atoms with Gasteiger partial charge in [-0.2, -0.15) is 0 Å². The van der Waals surface area contributed by atoms with Crippen LogP contribution in [0.2, 0.25) is 0 Å². The van der Waals surface area contributed by atoms with Crippen molar-refractivity contribution in [1.82, 2.24) is 9.80 Å². The zero-order chi connectivity index (χ0) is 16.1. The van der Waals surface area contributed by atoms with E-state index in [-0.39, 0.29) is 5.91 Å². The predicted molar refractivity (Wildman–Crippen MR) is 85.3 cm³/mol. The maximum atomic E-state index is 12.5. The molecule has 23 heavy (non-hydrogen) atoms. The van der Waals surface area contributed by atoms with E-state index < -0.39 is 0 Å². The summed E-state index contributed by atoms with van der Waals surface area (Å²) in [6.07, 6.45) is 2.13. The van der Waals surface area contributed by atoms with Gasteiger partial charge < -0.3 is 18.8 Å². The fourth-order valence-corrected chi connectivity index (χ4v) is 3.34. The van der Waals surface area contributed by atoms with E-state index in [1.807, 2.05) is 11.0 Å². The van der Waals surface area contributed by atoms with Gasteiger partial charge in [-0.3, -0.25) is 9.69 Å². The molecule has 0 unspecified atom stereocenters. The van der Waals surface area contributed by atoms with Crippen molar-refractivity contribution in [3.05, 3.63) is 23.7 Å². The molecule has 0 aliphatic carbocycles. The number of carbonyl (C=O) groups is 1. The Kier molecular flexibility index (Phi) is 5.70. The van der Waals surface area contributed by atoms with Gasteiger partial charge >= 0.3 is 0 Å². The molecule has 2 saturated heterocycles. The van der Waals surface area contributed by atoms with Gasteiger partial charge in [-0.05, 0) is 30.9 Å². The fourth-order valence-electron chi connectivity index (χ4n) is 3.34. The minimum absolute atomic E-state index is 0.00262. The Morgan fingerprint density at radius 1 is 1.22 bits per heavy atom. The number of morpholine rings is 1. The first-order valence-electron chi connectivity index (χ1n) is 8.43. The molecule has 2 fully saturated rings. The molecule has 0 N–H and O–H groups in total. The average Bonchev–Trinajstić information content (AvgIpc) is 3.05. The van der Waals surface area contributed by atoms with Gasteiger partial charge in [-0.1, -0.05) is 0 Å². The lowest BCUT2D eigenvalue weighted by Crippen LogP contribution is -2.44. The first kappa shape index (κ1) is 16.5. The highest BCUT2D eigenvalue weighted by Crippen LogP contribution is 2.21. The highest BCUT2D eigenvalue weighted by molar-refractivity contribution is 5.91. The van der Waals surface area contributed by atoms with E-state index in [4.69, 9.17) is 13.9 Å². The number of furan rings is 1.